The zero-order valence-electron chi connectivity index (χ0n) is 5.62. The van der Waals surface area contributed by atoms with Crippen molar-refractivity contribution in [2.45, 2.75) is 20.8 Å². The number of carbonyl (C=O) groups excluding carboxylic acids is 1. The molecular weight excluding hydrogens is 100 g/mol. The lowest BCUT2D eigenvalue weighted by Gasteiger charge is -2.14. The standard InChI is InChI=1S/C7H11O/c1-6(5-8)7(2,3)4/h1H2,2-4H3. The Bertz CT molecular complexity index is 106. The Morgan fingerprint density at radius 2 is 1.88 bits per heavy atom. The third kappa shape index (κ3) is 1.92. The fourth-order valence-corrected chi connectivity index (χ4v) is 0.153. The fraction of sp³-hybridized carbons (Fsp3) is 0.571. The molecule has 0 bridgehead atoms. The molecule has 0 aliphatic rings. The molecule has 1 nitrogen and oxygen atoms in total. The molecule has 0 spiro atoms. The predicted octanol–water partition coefficient (Wildman–Crippen LogP) is 1.70. The van der Waals surface area contributed by atoms with Gasteiger partial charge in [-0.25, -0.2) is 0 Å². The van der Waals surface area contributed by atoms with Crippen molar-refractivity contribution in [1.82, 2.24) is 0 Å². The highest BCUT2D eigenvalue weighted by Crippen LogP contribution is 2.20. The first-order valence-electron chi connectivity index (χ1n) is 2.56. The molecule has 0 aliphatic carbocycles. The molecule has 1 radical (unpaired) electrons. The van der Waals surface area contributed by atoms with Crippen LogP contribution < -0.4 is 0 Å². The maximum Gasteiger partial charge on any atom is 0.229 e. The zero-order valence-corrected chi connectivity index (χ0v) is 5.62. The van der Waals surface area contributed by atoms with Crippen molar-refractivity contribution in [1.29, 1.82) is 0 Å². The fourth-order valence-electron chi connectivity index (χ4n) is 0.153. The van der Waals surface area contributed by atoms with Crippen LogP contribution in [0, 0.1) is 5.41 Å². The van der Waals surface area contributed by atoms with Gasteiger partial charge < -0.3 is 0 Å². The zero-order chi connectivity index (χ0) is 6.78. The summed E-state index contributed by atoms with van der Waals surface area (Å²) in [5, 5.41) is 0. The van der Waals surface area contributed by atoms with Crippen molar-refractivity contribution in [3.05, 3.63) is 12.2 Å². The monoisotopic (exact) mass is 111 g/mol. The molecule has 1 heteroatoms. The van der Waals surface area contributed by atoms with Crippen molar-refractivity contribution in [3.63, 3.8) is 0 Å². The molecule has 0 fully saturated rings. The van der Waals surface area contributed by atoms with Crippen LogP contribution in [0.3, 0.4) is 0 Å². The topological polar surface area (TPSA) is 17.1 Å². The largest absolute Gasteiger partial charge is 0.285 e. The molecule has 0 heterocycles. The Morgan fingerprint density at radius 1 is 1.50 bits per heavy atom. The number of allylic oxidation sites excluding steroid dienone is 1. The minimum absolute atomic E-state index is 0.109. The minimum atomic E-state index is -0.109. The van der Waals surface area contributed by atoms with Crippen LogP contribution in [0.2, 0.25) is 0 Å². The van der Waals surface area contributed by atoms with Crippen LogP contribution in [0.15, 0.2) is 12.2 Å². The van der Waals surface area contributed by atoms with E-state index in [-0.39, 0.29) is 5.41 Å². The molecule has 0 amide bonds. The molecule has 0 aromatic heterocycles. The Morgan fingerprint density at radius 3 is 1.88 bits per heavy atom. The second kappa shape index (κ2) is 2.12. The quantitative estimate of drug-likeness (QED) is 0.471. The molecule has 0 aromatic carbocycles. The Kier molecular flexibility index (Phi) is 1.96. The first-order chi connectivity index (χ1) is 3.48. The second-order valence-electron chi connectivity index (χ2n) is 2.83. The number of hydrogen-bond donors (Lipinski definition) is 0. The van der Waals surface area contributed by atoms with Gasteiger partial charge in [-0.3, -0.25) is 4.79 Å². The Labute approximate surface area is 50.4 Å². The van der Waals surface area contributed by atoms with E-state index in [0.29, 0.717) is 5.57 Å². The molecule has 0 atom stereocenters. The van der Waals surface area contributed by atoms with Gasteiger partial charge in [0.15, 0.2) is 0 Å². The summed E-state index contributed by atoms with van der Waals surface area (Å²) < 4.78 is 0. The molecule has 8 heavy (non-hydrogen) atoms. The van der Waals surface area contributed by atoms with Crippen molar-refractivity contribution in [2.75, 3.05) is 0 Å². The summed E-state index contributed by atoms with van der Waals surface area (Å²) in [6.45, 7) is 9.31. The molecular formula is C7H11O. The van der Waals surface area contributed by atoms with Gasteiger partial charge in [-0.05, 0) is 5.41 Å². The van der Waals surface area contributed by atoms with Crippen LogP contribution in [0.4, 0.5) is 0 Å². The van der Waals surface area contributed by atoms with Crippen LogP contribution in [-0.4, -0.2) is 6.29 Å². The molecule has 45 valence electrons. The Hall–Kier alpha value is -0.590. The van der Waals surface area contributed by atoms with E-state index >= 15 is 0 Å². The van der Waals surface area contributed by atoms with Crippen molar-refractivity contribution < 1.29 is 4.79 Å². The molecule has 0 aromatic rings. The van der Waals surface area contributed by atoms with E-state index in [1.807, 2.05) is 20.8 Å². The summed E-state index contributed by atoms with van der Waals surface area (Å²) in [6, 6.07) is 0. The summed E-state index contributed by atoms with van der Waals surface area (Å²) in [7, 11) is 0. The first kappa shape index (κ1) is 7.41. The average molecular weight is 111 g/mol. The van der Waals surface area contributed by atoms with Crippen molar-refractivity contribution >= 4 is 6.29 Å². The smallest absolute Gasteiger partial charge is 0.229 e. The lowest BCUT2D eigenvalue weighted by Crippen LogP contribution is -2.08. The predicted molar refractivity (Wildman–Crippen MR) is 34.3 cm³/mol. The van der Waals surface area contributed by atoms with E-state index < -0.39 is 0 Å². The summed E-state index contributed by atoms with van der Waals surface area (Å²) in [4.78, 5) is 9.93. The third-order valence-corrected chi connectivity index (χ3v) is 1.03. The van der Waals surface area contributed by atoms with Gasteiger partial charge in [0.1, 0.15) is 0 Å². The van der Waals surface area contributed by atoms with Gasteiger partial charge in [-0.1, -0.05) is 27.4 Å². The normalized spacial score (nSPS) is 10.9. The lowest BCUT2D eigenvalue weighted by atomic mass is 9.89. The van der Waals surface area contributed by atoms with E-state index in [1.54, 1.807) is 6.29 Å². The maximum atomic E-state index is 9.93. The molecule has 0 N–H and O–H groups in total. The highest BCUT2D eigenvalue weighted by molar-refractivity contribution is 5.74. The molecule has 0 aliphatic heterocycles. The summed E-state index contributed by atoms with van der Waals surface area (Å²) in [5.74, 6) is 0. The van der Waals surface area contributed by atoms with Gasteiger partial charge in [0.05, 0.1) is 0 Å². The van der Waals surface area contributed by atoms with Crippen LogP contribution in [0.5, 0.6) is 0 Å². The SMILES string of the molecule is C=C([C]=O)C(C)(C)C. The van der Waals surface area contributed by atoms with Crippen LogP contribution in [0.25, 0.3) is 0 Å². The maximum absolute atomic E-state index is 9.93. The van der Waals surface area contributed by atoms with Gasteiger partial charge in [-0.15, -0.1) is 0 Å². The highest BCUT2D eigenvalue weighted by Gasteiger charge is 2.13. The lowest BCUT2D eigenvalue weighted by molar-refractivity contribution is 0.502. The summed E-state index contributed by atoms with van der Waals surface area (Å²) in [6.07, 6.45) is 1.76. The van der Waals surface area contributed by atoms with E-state index in [4.69, 9.17) is 0 Å². The highest BCUT2D eigenvalue weighted by atomic mass is 16.1. The molecule has 0 saturated heterocycles. The van der Waals surface area contributed by atoms with Crippen LogP contribution >= 0.6 is 0 Å². The average Bonchev–Trinajstić information content (AvgIpc) is 1.62. The van der Waals surface area contributed by atoms with Gasteiger partial charge >= 0.3 is 0 Å². The van der Waals surface area contributed by atoms with E-state index in [2.05, 4.69) is 6.58 Å². The second-order valence-corrected chi connectivity index (χ2v) is 2.83. The molecule has 0 rings (SSSR count). The third-order valence-electron chi connectivity index (χ3n) is 1.03. The Balaban J connectivity index is 4.02. The van der Waals surface area contributed by atoms with Crippen molar-refractivity contribution in [3.8, 4) is 0 Å². The molecule has 0 unspecified atom stereocenters. The summed E-state index contributed by atoms with van der Waals surface area (Å²) >= 11 is 0. The van der Waals surface area contributed by atoms with Gasteiger partial charge in [-0.2, -0.15) is 0 Å². The summed E-state index contributed by atoms with van der Waals surface area (Å²) in [5.41, 5.74) is 0.416. The van der Waals surface area contributed by atoms with Gasteiger partial charge in [0.2, 0.25) is 6.29 Å². The first-order valence-corrected chi connectivity index (χ1v) is 2.56. The van der Waals surface area contributed by atoms with E-state index in [0.717, 1.165) is 0 Å². The molecule has 0 saturated carbocycles. The number of hydrogen-bond acceptors (Lipinski definition) is 1. The van der Waals surface area contributed by atoms with Gasteiger partial charge in [0, 0.05) is 5.57 Å². The van der Waals surface area contributed by atoms with Crippen LogP contribution in [0.1, 0.15) is 20.8 Å². The number of rotatable bonds is 1. The van der Waals surface area contributed by atoms with Gasteiger partial charge in [0.25, 0.3) is 0 Å². The van der Waals surface area contributed by atoms with E-state index in [9.17, 15) is 4.79 Å². The minimum Gasteiger partial charge on any atom is -0.285 e. The van der Waals surface area contributed by atoms with Crippen molar-refractivity contribution in [2.24, 2.45) is 5.41 Å². The van der Waals surface area contributed by atoms with Crippen LogP contribution in [-0.2, 0) is 4.79 Å². The van der Waals surface area contributed by atoms with E-state index in [1.165, 1.54) is 0 Å².